The summed E-state index contributed by atoms with van der Waals surface area (Å²) in [6.07, 6.45) is 12.4. The molecule has 1 fully saturated rings. The Balaban J connectivity index is 1.40. The topological polar surface area (TPSA) is 68.5 Å². The average molecular weight is 340 g/mol. The third kappa shape index (κ3) is 2.38. The van der Waals surface area contributed by atoms with E-state index in [0.717, 1.165) is 22.8 Å². The van der Waals surface area contributed by atoms with E-state index in [1.54, 1.807) is 6.33 Å². The van der Waals surface area contributed by atoms with Gasteiger partial charge in [-0.1, -0.05) is 5.21 Å². The fourth-order valence-electron chi connectivity index (χ4n) is 3.62. The minimum atomic E-state index is 0.556. The molecule has 0 bridgehead atoms. The minimum Gasteiger partial charge on any atom is -0.364 e. The second-order valence-corrected chi connectivity index (χ2v) is 7.83. The molecule has 3 aromatic rings. The highest BCUT2D eigenvalue weighted by Gasteiger charge is 2.21. The number of anilines is 1. The molecule has 24 heavy (non-hydrogen) atoms. The van der Waals surface area contributed by atoms with Crippen molar-refractivity contribution in [3.63, 3.8) is 0 Å². The van der Waals surface area contributed by atoms with Crippen molar-refractivity contribution in [1.82, 2.24) is 25.0 Å². The highest BCUT2D eigenvalue weighted by Crippen LogP contribution is 2.38. The van der Waals surface area contributed by atoms with Gasteiger partial charge in [0.1, 0.15) is 22.7 Å². The Bertz CT molecular complexity index is 878. The fourth-order valence-corrected chi connectivity index (χ4v) is 4.85. The van der Waals surface area contributed by atoms with Crippen LogP contribution in [0.25, 0.3) is 10.2 Å². The molecule has 124 valence electrons. The van der Waals surface area contributed by atoms with E-state index in [1.165, 1.54) is 54.4 Å². The first-order valence-corrected chi connectivity index (χ1v) is 9.60. The van der Waals surface area contributed by atoms with E-state index < -0.39 is 0 Å². The number of aryl methyl sites for hydroxylation is 2. The van der Waals surface area contributed by atoms with Crippen LogP contribution >= 0.6 is 11.3 Å². The van der Waals surface area contributed by atoms with Gasteiger partial charge in [-0.15, -0.1) is 16.4 Å². The monoisotopic (exact) mass is 340 g/mol. The summed E-state index contributed by atoms with van der Waals surface area (Å²) in [6, 6.07) is 0.556. The molecule has 5 rings (SSSR count). The fraction of sp³-hybridized carbons (Fsp3) is 0.529. The normalized spacial score (nSPS) is 17.7. The predicted molar refractivity (Wildman–Crippen MR) is 94.3 cm³/mol. The maximum absolute atomic E-state index is 4.50. The van der Waals surface area contributed by atoms with E-state index in [4.69, 9.17) is 0 Å². The highest BCUT2D eigenvalue weighted by molar-refractivity contribution is 7.19. The Morgan fingerprint density at radius 1 is 1.17 bits per heavy atom. The van der Waals surface area contributed by atoms with E-state index in [9.17, 15) is 0 Å². The maximum atomic E-state index is 4.50. The second-order valence-electron chi connectivity index (χ2n) is 6.74. The lowest BCUT2D eigenvalue weighted by molar-refractivity contribution is 0.284. The molecule has 3 heterocycles. The lowest BCUT2D eigenvalue weighted by Gasteiger charge is -2.24. The van der Waals surface area contributed by atoms with Gasteiger partial charge in [0.05, 0.1) is 24.2 Å². The smallest absolute Gasteiger partial charge is 0.138 e. The van der Waals surface area contributed by atoms with Crippen LogP contribution < -0.4 is 5.32 Å². The molecular weight excluding hydrogens is 320 g/mol. The number of nitrogens with zero attached hydrogens (tertiary/aromatic N) is 5. The molecule has 1 N–H and O–H groups in total. The summed E-state index contributed by atoms with van der Waals surface area (Å²) in [5.41, 5.74) is 2.43. The zero-order valence-electron chi connectivity index (χ0n) is 13.5. The van der Waals surface area contributed by atoms with Crippen LogP contribution in [0.15, 0.2) is 12.5 Å². The first kappa shape index (κ1) is 14.3. The van der Waals surface area contributed by atoms with Crippen molar-refractivity contribution in [3.8, 4) is 0 Å². The molecule has 2 aliphatic rings. The maximum Gasteiger partial charge on any atom is 0.138 e. The van der Waals surface area contributed by atoms with E-state index in [1.807, 2.05) is 16.0 Å². The Kier molecular flexibility index (Phi) is 3.47. The first-order valence-electron chi connectivity index (χ1n) is 8.78. The van der Waals surface area contributed by atoms with Crippen LogP contribution in [0.1, 0.15) is 54.3 Å². The van der Waals surface area contributed by atoms with Crippen molar-refractivity contribution >= 4 is 27.4 Å². The summed E-state index contributed by atoms with van der Waals surface area (Å²) in [5.74, 6) is 0.942. The van der Waals surface area contributed by atoms with Gasteiger partial charge in [-0.2, -0.15) is 0 Å². The molecule has 0 saturated heterocycles. The Labute approximate surface area is 144 Å². The summed E-state index contributed by atoms with van der Waals surface area (Å²) >= 11 is 1.83. The van der Waals surface area contributed by atoms with Gasteiger partial charge in [0, 0.05) is 4.88 Å². The van der Waals surface area contributed by atoms with Gasteiger partial charge >= 0.3 is 0 Å². The zero-order valence-corrected chi connectivity index (χ0v) is 14.3. The summed E-state index contributed by atoms with van der Waals surface area (Å²) < 4.78 is 2.02. The third-order valence-corrected chi connectivity index (χ3v) is 6.39. The predicted octanol–water partition coefficient (Wildman–Crippen LogP) is 3.50. The van der Waals surface area contributed by atoms with Crippen LogP contribution in [0, 0.1) is 0 Å². The number of rotatable bonds is 4. The van der Waals surface area contributed by atoms with Crippen LogP contribution in [-0.4, -0.2) is 25.0 Å². The average Bonchev–Trinajstić information content (AvgIpc) is 3.15. The molecule has 0 unspecified atom stereocenters. The molecule has 6 nitrogen and oxygen atoms in total. The number of thiophene rings is 1. The molecule has 0 aromatic carbocycles. The van der Waals surface area contributed by atoms with Crippen LogP contribution in [0.3, 0.4) is 0 Å². The second kappa shape index (κ2) is 5.81. The summed E-state index contributed by atoms with van der Waals surface area (Å²) in [6.45, 7) is 0.656. The SMILES string of the molecule is c1nc(NCc2cn(C3CCC3)nn2)c2c3c(sc2n1)CCCC3. The molecule has 3 aromatic heterocycles. The standard InChI is InChI=1S/C17H20N6S/c1-2-7-14-13(6-1)15-16(19-10-20-17(15)24-14)18-8-11-9-23(22-21-11)12-4-3-5-12/h9-10,12H,1-8H2,(H,18,19,20). The van der Waals surface area contributed by atoms with Gasteiger partial charge < -0.3 is 5.32 Å². The molecule has 2 aliphatic carbocycles. The molecule has 7 heteroatoms. The minimum absolute atomic E-state index is 0.556. The van der Waals surface area contributed by atoms with E-state index in [0.29, 0.717) is 12.6 Å². The highest BCUT2D eigenvalue weighted by atomic mass is 32.1. The molecule has 1 saturated carbocycles. The first-order chi connectivity index (χ1) is 11.9. The third-order valence-electron chi connectivity index (χ3n) is 5.19. The van der Waals surface area contributed by atoms with Crippen LogP contribution in [0.5, 0.6) is 0 Å². The summed E-state index contributed by atoms with van der Waals surface area (Å²) in [4.78, 5) is 11.6. The Morgan fingerprint density at radius 2 is 2.08 bits per heavy atom. The van der Waals surface area contributed by atoms with Gasteiger partial charge in [0.25, 0.3) is 0 Å². The van der Waals surface area contributed by atoms with Crippen LogP contribution in [0.2, 0.25) is 0 Å². The van der Waals surface area contributed by atoms with Crippen molar-refractivity contribution in [2.45, 2.75) is 57.5 Å². The molecule has 0 aliphatic heterocycles. The van der Waals surface area contributed by atoms with Gasteiger partial charge in [0.15, 0.2) is 0 Å². The van der Waals surface area contributed by atoms with Gasteiger partial charge in [-0.25, -0.2) is 14.6 Å². The van der Waals surface area contributed by atoms with Gasteiger partial charge in [-0.05, 0) is 50.5 Å². The summed E-state index contributed by atoms with van der Waals surface area (Å²) in [5, 5.41) is 13.3. The van der Waals surface area contributed by atoms with Crippen molar-refractivity contribution in [2.75, 3.05) is 5.32 Å². The largest absolute Gasteiger partial charge is 0.364 e. The lowest BCUT2D eigenvalue weighted by Crippen LogP contribution is -2.17. The molecule has 0 atom stereocenters. The number of nitrogens with one attached hydrogen (secondary N) is 1. The lowest BCUT2D eigenvalue weighted by atomic mass is 9.93. The molecule has 0 amide bonds. The van der Waals surface area contributed by atoms with Crippen molar-refractivity contribution in [3.05, 3.63) is 28.7 Å². The molecule has 0 radical (unpaired) electrons. The number of hydrogen-bond donors (Lipinski definition) is 1. The number of fused-ring (bicyclic) bond motifs is 3. The Hall–Kier alpha value is -2.02. The van der Waals surface area contributed by atoms with E-state index in [2.05, 4.69) is 31.8 Å². The molecule has 0 spiro atoms. The van der Waals surface area contributed by atoms with Crippen LogP contribution in [0.4, 0.5) is 5.82 Å². The number of aromatic nitrogens is 5. The van der Waals surface area contributed by atoms with Gasteiger partial charge in [-0.3, -0.25) is 0 Å². The Morgan fingerprint density at radius 3 is 2.96 bits per heavy atom. The van der Waals surface area contributed by atoms with Crippen LogP contribution in [-0.2, 0) is 19.4 Å². The summed E-state index contributed by atoms with van der Waals surface area (Å²) in [7, 11) is 0. The molecular formula is C17H20N6S. The van der Waals surface area contributed by atoms with E-state index >= 15 is 0 Å². The van der Waals surface area contributed by atoms with E-state index in [-0.39, 0.29) is 0 Å². The zero-order chi connectivity index (χ0) is 15.9. The van der Waals surface area contributed by atoms with Crippen molar-refractivity contribution in [2.24, 2.45) is 0 Å². The van der Waals surface area contributed by atoms with Gasteiger partial charge in [0.2, 0.25) is 0 Å². The quantitative estimate of drug-likeness (QED) is 0.787. The van der Waals surface area contributed by atoms with Crippen molar-refractivity contribution in [1.29, 1.82) is 0 Å². The number of hydrogen-bond acceptors (Lipinski definition) is 6. The van der Waals surface area contributed by atoms with Crippen molar-refractivity contribution < 1.29 is 0 Å².